The fourth-order valence-electron chi connectivity index (χ4n) is 9.53. The van der Waals surface area contributed by atoms with Crippen molar-refractivity contribution in [2.45, 2.75) is 19.3 Å². The third-order valence-corrected chi connectivity index (χ3v) is 12.4. The van der Waals surface area contributed by atoms with Crippen molar-refractivity contribution in [1.82, 2.24) is 24.1 Å². The maximum atomic E-state index is 14.5. The standard InChI is InChI=1S/C54H36FN5/c1-54(2)45-31-36(21-25-39(45)40-26-24-37(55)32-46(40)54)52-56-51(33-13-5-3-6-14-33)57-53(58-52)60-48-20-12-10-18-42(48)44-30-35(23-28-50(44)60)34-22-27-49-43(29-34)41-17-9-11-19-47(41)59(49)38-15-7-4-8-16-38/h3-32H,1-2H3. The third-order valence-electron chi connectivity index (χ3n) is 12.4. The molecule has 0 radical (unpaired) electrons. The van der Waals surface area contributed by atoms with Crippen LogP contribution in [0.2, 0.25) is 0 Å². The lowest BCUT2D eigenvalue weighted by Crippen LogP contribution is -2.15. The lowest BCUT2D eigenvalue weighted by molar-refractivity contribution is 0.609. The van der Waals surface area contributed by atoms with Gasteiger partial charge in [-0.3, -0.25) is 4.57 Å². The molecule has 60 heavy (non-hydrogen) atoms. The molecule has 5 nitrogen and oxygen atoms in total. The average Bonchev–Trinajstić information content (AvgIpc) is 3.89. The fourth-order valence-corrected chi connectivity index (χ4v) is 9.53. The van der Waals surface area contributed by atoms with Gasteiger partial charge in [0.25, 0.3) is 0 Å². The zero-order valence-corrected chi connectivity index (χ0v) is 32.9. The summed E-state index contributed by atoms with van der Waals surface area (Å²) >= 11 is 0. The quantitative estimate of drug-likeness (QED) is 0.175. The van der Waals surface area contributed by atoms with Crippen LogP contribution in [0.4, 0.5) is 4.39 Å². The van der Waals surface area contributed by atoms with Crippen LogP contribution in [0.1, 0.15) is 25.0 Å². The Balaban J connectivity index is 1.03. The molecule has 1 aliphatic carbocycles. The van der Waals surface area contributed by atoms with Gasteiger partial charge in [0, 0.05) is 43.8 Å². The van der Waals surface area contributed by atoms with E-state index < -0.39 is 5.41 Å². The molecule has 0 aliphatic heterocycles. The molecular formula is C54H36FN5. The molecule has 8 aromatic carbocycles. The van der Waals surface area contributed by atoms with Crippen LogP contribution >= 0.6 is 0 Å². The first-order chi connectivity index (χ1) is 29.4. The molecule has 1 aliphatic rings. The number of aromatic nitrogens is 5. The van der Waals surface area contributed by atoms with Crippen molar-refractivity contribution in [3.8, 4) is 56.7 Å². The molecule has 3 heterocycles. The Bertz CT molecular complexity index is 3530. The van der Waals surface area contributed by atoms with Crippen molar-refractivity contribution in [1.29, 1.82) is 0 Å². The summed E-state index contributed by atoms with van der Waals surface area (Å²) in [5.74, 6) is 1.48. The van der Waals surface area contributed by atoms with E-state index in [0.29, 0.717) is 17.6 Å². The van der Waals surface area contributed by atoms with Gasteiger partial charge in [-0.2, -0.15) is 9.97 Å². The summed E-state index contributed by atoms with van der Waals surface area (Å²) in [5, 5.41) is 4.67. The number of rotatable bonds is 5. The monoisotopic (exact) mass is 773 g/mol. The van der Waals surface area contributed by atoms with Gasteiger partial charge in [0.2, 0.25) is 5.95 Å². The van der Waals surface area contributed by atoms with Crippen LogP contribution in [-0.2, 0) is 5.41 Å². The van der Waals surface area contributed by atoms with E-state index in [-0.39, 0.29) is 5.82 Å². The molecule has 3 aromatic heterocycles. The number of halogens is 1. The number of benzene rings is 8. The van der Waals surface area contributed by atoms with Gasteiger partial charge in [-0.1, -0.05) is 129 Å². The number of para-hydroxylation sites is 3. The molecule has 6 heteroatoms. The third kappa shape index (κ3) is 5.13. The van der Waals surface area contributed by atoms with E-state index in [1.54, 1.807) is 12.1 Å². The van der Waals surface area contributed by atoms with E-state index in [0.717, 1.165) is 72.0 Å². The minimum Gasteiger partial charge on any atom is -0.309 e. The normalized spacial score (nSPS) is 13.1. The van der Waals surface area contributed by atoms with Gasteiger partial charge >= 0.3 is 0 Å². The molecule has 0 bridgehead atoms. The van der Waals surface area contributed by atoms with Crippen LogP contribution in [0.15, 0.2) is 182 Å². The van der Waals surface area contributed by atoms with Crippen LogP contribution in [0, 0.1) is 5.82 Å². The minimum atomic E-state index is -0.394. The highest BCUT2D eigenvalue weighted by Crippen LogP contribution is 2.50. The summed E-state index contributed by atoms with van der Waals surface area (Å²) in [5.41, 5.74) is 13.5. The van der Waals surface area contributed by atoms with Gasteiger partial charge in [-0.25, -0.2) is 9.37 Å². The highest BCUT2D eigenvalue weighted by Gasteiger charge is 2.36. The molecule has 0 unspecified atom stereocenters. The highest BCUT2D eigenvalue weighted by atomic mass is 19.1. The predicted molar refractivity (Wildman–Crippen MR) is 242 cm³/mol. The minimum absolute atomic E-state index is 0.226. The molecule has 284 valence electrons. The molecule has 12 rings (SSSR count). The summed E-state index contributed by atoms with van der Waals surface area (Å²) < 4.78 is 19.0. The Labute approximate surface area is 345 Å². The SMILES string of the molecule is CC1(C)c2cc(F)ccc2-c2ccc(-c3nc(-c4ccccc4)nc(-n4c5ccccc5c5cc(-c6ccc7c(c6)c6ccccc6n7-c6ccccc6)ccc54)n3)cc21. The Morgan fingerprint density at radius 1 is 0.400 bits per heavy atom. The molecule has 0 N–H and O–H groups in total. The van der Waals surface area contributed by atoms with Crippen molar-refractivity contribution < 1.29 is 4.39 Å². The van der Waals surface area contributed by atoms with Gasteiger partial charge in [0.05, 0.1) is 22.1 Å². The number of hydrogen-bond donors (Lipinski definition) is 0. The van der Waals surface area contributed by atoms with Gasteiger partial charge in [-0.15, -0.1) is 0 Å². The predicted octanol–water partition coefficient (Wildman–Crippen LogP) is 13.5. The van der Waals surface area contributed by atoms with E-state index in [9.17, 15) is 4.39 Å². The molecule has 0 saturated heterocycles. The Morgan fingerprint density at radius 2 is 0.900 bits per heavy atom. The van der Waals surface area contributed by atoms with E-state index in [4.69, 9.17) is 15.0 Å². The van der Waals surface area contributed by atoms with Crippen LogP contribution in [-0.4, -0.2) is 24.1 Å². The molecule has 0 atom stereocenters. The van der Waals surface area contributed by atoms with Gasteiger partial charge in [0.15, 0.2) is 11.6 Å². The molecule has 0 saturated carbocycles. The Morgan fingerprint density at radius 3 is 1.57 bits per heavy atom. The second kappa shape index (κ2) is 12.9. The van der Waals surface area contributed by atoms with Crippen LogP contribution in [0.25, 0.3) is 100 Å². The molecule has 11 aromatic rings. The first-order valence-corrected chi connectivity index (χ1v) is 20.3. The molecular weight excluding hydrogens is 738 g/mol. The van der Waals surface area contributed by atoms with E-state index >= 15 is 0 Å². The van der Waals surface area contributed by atoms with E-state index in [1.807, 2.05) is 36.4 Å². The molecule has 0 spiro atoms. The van der Waals surface area contributed by atoms with Crippen molar-refractivity contribution in [3.05, 3.63) is 199 Å². The number of nitrogens with zero attached hydrogens (tertiary/aromatic N) is 5. The number of hydrogen-bond acceptors (Lipinski definition) is 3. The van der Waals surface area contributed by atoms with Crippen molar-refractivity contribution in [2.24, 2.45) is 0 Å². The Kier molecular flexibility index (Phi) is 7.39. The summed E-state index contributed by atoms with van der Waals surface area (Å²) in [6.07, 6.45) is 0. The maximum absolute atomic E-state index is 14.5. The topological polar surface area (TPSA) is 48.5 Å². The highest BCUT2D eigenvalue weighted by molar-refractivity contribution is 6.12. The Hall–Kier alpha value is -7.70. The van der Waals surface area contributed by atoms with Crippen molar-refractivity contribution >= 4 is 43.6 Å². The van der Waals surface area contributed by atoms with Crippen LogP contribution < -0.4 is 0 Å². The van der Waals surface area contributed by atoms with Gasteiger partial charge in [0.1, 0.15) is 5.82 Å². The fraction of sp³-hybridized carbons (Fsp3) is 0.0556. The summed E-state index contributed by atoms with van der Waals surface area (Å²) in [6, 6.07) is 62.8. The van der Waals surface area contributed by atoms with Crippen LogP contribution in [0.5, 0.6) is 0 Å². The molecule has 0 amide bonds. The van der Waals surface area contributed by atoms with Gasteiger partial charge < -0.3 is 4.57 Å². The largest absolute Gasteiger partial charge is 0.309 e. The summed E-state index contributed by atoms with van der Waals surface area (Å²) in [7, 11) is 0. The second-order valence-electron chi connectivity index (χ2n) is 16.2. The average molecular weight is 774 g/mol. The van der Waals surface area contributed by atoms with Crippen LogP contribution in [0.3, 0.4) is 0 Å². The number of fused-ring (bicyclic) bond motifs is 9. The van der Waals surface area contributed by atoms with Crippen molar-refractivity contribution in [3.63, 3.8) is 0 Å². The zero-order valence-electron chi connectivity index (χ0n) is 32.9. The van der Waals surface area contributed by atoms with E-state index in [1.165, 1.54) is 21.8 Å². The second-order valence-corrected chi connectivity index (χ2v) is 16.2. The summed E-state index contributed by atoms with van der Waals surface area (Å²) in [6.45, 7) is 4.31. The lowest BCUT2D eigenvalue weighted by atomic mass is 9.82. The smallest absolute Gasteiger partial charge is 0.238 e. The summed E-state index contributed by atoms with van der Waals surface area (Å²) in [4.78, 5) is 15.5. The van der Waals surface area contributed by atoms with Gasteiger partial charge in [-0.05, 0) is 100 Å². The molecule has 0 fully saturated rings. The first-order valence-electron chi connectivity index (χ1n) is 20.3. The van der Waals surface area contributed by atoms with Crippen molar-refractivity contribution in [2.75, 3.05) is 0 Å². The zero-order chi connectivity index (χ0) is 40.1. The first kappa shape index (κ1) is 34.4. The maximum Gasteiger partial charge on any atom is 0.238 e. The lowest BCUT2D eigenvalue weighted by Gasteiger charge is -2.22. The van der Waals surface area contributed by atoms with E-state index in [2.05, 4.69) is 156 Å².